The van der Waals surface area contributed by atoms with Crippen LogP contribution in [0, 0.1) is 0 Å². The van der Waals surface area contributed by atoms with Crippen molar-refractivity contribution in [3.05, 3.63) is 34.1 Å². The first-order valence-corrected chi connectivity index (χ1v) is 7.95. The van der Waals surface area contributed by atoms with Crippen molar-refractivity contribution in [3.8, 4) is 11.3 Å². The summed E-state index contributed by atoms with van der Waals surface area (Å²) in [5, 5.41) is 6.16. The Morgan fingerprint density at radius 3 is 2.95 bits per heavy atom. The zero-order chi connectivity index (χ0) is 14.5. The second-order valence-corrected chi connectivity index (χ2v) is 5.77. The second-order valence-electron chi connectivity index (χ2n) is 4.91. The van der Waals surface area contributed by atoms with E-state index in [1.54, 1.807) is 15.9 Å². The molecule has 0 saturated carbocycles. The third kappa shape index (κ3) is 3.28. The van der Waals surface area contributed by atoms with E-state index in [2.05, 4.69) is 31.1 Å². The molecule has 2 rings (SSSR count). The van der Waals surface area contributed by atoms with E-state index >= 15 is 0 Å². The third-order valence-corrected chi connectivity index (χ3v) is 4.02. The minimum atomic E-state index is 0.0368. The highest BCUT2D eigenvalue weighted by Gasteiger charge is 2.10. The van der Waals surface area contributed by atoms with Crippen LogP contribution in [0.1, 0.15) is 33.6 Å². The predicted octanol–water partition coefficient (Wildman–Crippen LogP) is 3.59. The van der Waals surface area contributed by atoms with Gasteiger partial charge >= 0.3 is 0 Å². The van der Waals surface area contributed by atoms with Crippen LogP contribution in [0.3, 0.4) is 0 Å². The van der Waals surface area contributed by atoms with Gasteiger partial charge in [0.25, 0.3) is 5.56 Å². The summed E-state index contributed by atoms with van der Waals surface area (Å²) in [6.07, 6.45) is 3.82. The first-order valence-electron chi connectivity index (χ1n) is 7.07. The number of aryl methyl sites for hydroxylation is 1. The second kappa shape index (κ2) is 6.70. The van der Waals surface area contributed by atoms with E-state index in [-0.39, 0.29) is 5.56 Å². The fraction of sp³-hybridized carbons (Fsp3) is 0.467. The molecule has 2 aromatic rings. The molecule has 0 amide bonds. The number of pyridine rings is 1. The maximum absolute atomic E-state index is 12.4. The Labute approximate surface area is 123 Å². The highest BCUT2D eigenvalue weighted by molar-refractivity contribution is 7.14. The van der Waals surface area contributed by atoms with Crippen molar-refractivity contribution in [3.63, 3.8) is 0 Å². The Hall–Kier alpha value is -1.62. The van der Waals surface area contributed by atoms with Gasteiger partial charge in [-0.1, -0.05) is 13.8 Å². The predicted molar refractivity (Wildman–Crippen MR) is 85.5 cm³/mol. The number of hydrogen-bond acceptors (Lipinski definition) is 4. The molecular formula is C15H21N3OS. The molecule has 0 spiro atoms. The van der Waals surface area contributed by atoms with Gasteiger partial charge < -0.3 is 9.88 Å². The van der Waals surface area contributed by atoms with E-state index in [1.807, 2.05) is 23.7 Å². The van der Waals surface area contributed by atoms with Crippen molar-refractivity contribution in [2.24, 2.45) is 0 Å². The van der Waals surface area contributed by atoms with Crippen LogP contribution in [-0.2, 0) is 6.54 Å². The molecule has 2 heterocycles. The van der Waals surface area contributed by atoms with Gasteiger partial charge in [-0.3, -0.25) is 4.79 Å². The summed E-state index contributed by atoms with van der Waals surface area (Å²) >= 11 is 1.55. The van der Waals surface area contributed by atoms with E-state index in [9.17, 15) is 4.79 Å². The Balaban J connectivity index is 2.28. The smallest absolute Gasteiger partial charge is 0.260 e. The highest BCUT2D eigenvalue weighted by atomic mass is 32.1. The van der Waals surface area contributed by atoms with Crippen LogP contribution in [0.4, 0.5) is 5.13 Å². The maximum Gasteiger partial charge on any atom is 0.260 e. The normalized spacial score (nSPS) is 12.3. The van der Waals surface area contributed by atoms with E-state index in [0.29, 0.717) is 11.6 Å². The van der Waals surface area contributed by atoms with Gasteiger partial charge in [-0.15, -0.1) is 11.3 Å². The van der Waals surface area contributed by atoms with Crippen molar-refractivity contribution < 1.29 is 0 Å². The largest absolute Gasteiger partial charge is 0.359 e. The summed E-state index contributed by atoms with van der Waals surface area (Å²) in [5.41, 5.74) is 1.47. The van der Waals surface area contributed by atoms with Crippen molar-refractivity contribution in [2.45, 2.75) is 46.2 Å². The first-order chi connectivity index (χ1) is 9.65. The lowest BCUT2D eigenvalue weighted by Gasteiger charge is -2.08. The zero-order valence-electron chi connectivity index (χ0n) is 12.2. The molecule has 20 heavy (non-hydrogen) atoms. The van der Waals surface area contributed by atoms with Gasteiger partial charge in [0, 0.05) is 24.2 Å². The first kappa shape index (κ1) is 14.8. The van der Waals surface area contributed by atoms with Gasteiger partial charge in [0.05, 0.1) is 11.3 Å². The summed E-state index contributed by atoms with van der Waals surface area (Å²) in [4.78, 5) is 16.9. The molecular weight excluding hydrogens is 270 g/mol. The van der Waals surface area contributed by atoms with Gasteiger partial charge in [-0.25, -0.2) is 4.98 Å². The van der Waals surface area contributed by atoms with Crippen molar-refractivity contribution in [2.75, 3.05) is 5.32 Å². The third-order valence-electron chi connectivity index (χ3n) is 3.25. The molecule has 2 aromatic heterocycles. The van der Waals surface area contributed by atoms with E-state index in [1.165, 1.54) is 0 Å². The molecule has 1 unspecified atom stereocenters. The van der Waals surface area contributed by atoms with Crippen molar-refractivity contribution in [1.29, 1.82) is 0 Å². The topological polar surface area (TPSA) is 46.9 Å². The molecule has 0 saturated heterocycles. The van der Waals surface area contributed by atoms with Crippen LogP contribution in [0.2, 0.25) is 0 Å². The fourth-order valence-corrected chi connectivity index (χ4v) is 2.75. The Morgan fingerprint density at radius 1 is 1.45 bits per heavy atom. The lowest BCUT2D eigenvalue weighted by atomic mass is 10.2. The van der Waals surface area contributed by atoms with E-state index in [4.69, 9.17) is 0 Å². The number of nitrogens with zero attached hydrogens (tertiary/aromatic N) is 2. The SMILES string of the molecule is CCCn1cccc(-c2csc(NC(C)CC)n2)c1=O. The zero-order valence-corrected chi connectivity index (χ0v) is 13.0. The van der Waals surface area contributed by atoms with Gasteiger partial charge in [-0.05, 0) is 31.9 Å². The number of rotatable bonds is 6. The van der Waals surface area contributed by atoms with E-state index in [0.717, 1.165) is 30.2 Å². The quantitative estimate of drug-likeness (QED) is 0.884. The number of anilines is 1. The van der Waals surface area contributed by atoms with Crippen LogP contribution in [0.15, 0.2) is 28.5 Å². The minimum Gasteiger partial charge on any atom is -0.359 e. The van der Waals surface area contributed by atoms with Crippen LogP contribution in [0.25, 0.3) is 11.3 Å². The maximum atomic E-state index is 12.4. The lowest BCUT2D eigenvalue weighted by Crippen LogP contribution is -2.20. The molecule has 5 heteroatoms. The Kier molecular flexibility index (Phi) is 4.95. The van der Waals surface area contributed by atoms with Gasteiger partial charge in [-0.2, -0.15) is 0 Å². The molecule has 0 bridgehead atoms. The summed E-state index contributed by atoms with van der Waals surface area (Å²) in [7, 11) is 0. The monoisotopic (exact) mass is 291 g/mol. The number of hydrogen-bond donors (Lipinski definition) is 1. The number of thiazole rings is 1. The summed E-state index contributed by atoms with van der Waals surface area (Å²) in [6, 6.07) is 4.14. The van der Waals surface area contributed by atoms with Crippen molar-refractivity contribution >= 4 is 16.5 Å². The van der Waals surface area contributed by atoms with Crippen LogP contribution >= 0.6 is 11.3 Å². The summed E-state index contributed by atoms with van der Waals surface area (Å²) in [5.74, 6) is 0. The van der Waals surface area contributed by atoms with E-state index < -0.39 is 0 Å². The molecule has 0 radical (unpaired) electrons. The highest BCUT2D eigenvalue weighted by Crippen LogP contribution is 2.23. The van der Waals surface area contributed by atoms with Crippen LogP contribution in [0.5, 0.6) is 0 Å². The molecule has 0 aliphatic rings. The molecule has 1 N–H and O–H groups in total. The Morgan fingerprint density at radius 2 is 2.25 bits per heavy atom. The van der Waals surface area contributed by atoms with Crippen LogP contribution in [-0.4, -0.2) is 15.6 Å². The number of nitrogens with one attached hydrogen (secondary N) is 1. The molecule has 0 aromatic carbocycles. The molecule has 0 aliphatic carbocycles. The van der Waals surface area contributed by atoms with Crippen LogP contribution < -0.4 is 10.9 Å². The molecule has 0 fully saturated rings. The number of aromatic nitrogens is 2. The molecule has 1 atom stereocenters. The van der Waals surface area contributed by atoms with Gasteiger partial charge in [0.15, 0.2) is 5.13 Å². The molecule has 108 valence electrons. The van der Waals surface area contributed by atoms with Gasteiger partial charge in [0.2, 0.25) is 0 Å². The summed E-state index contributed by atoms with van der Waals surface area (Å²) < 4.78 is 1.75. The standard InChI is InChI=1S/C15H21N3OS/c1-4-8-18-9-6-7-12(14(18)19)13-10-20-15(17-13)16-11(3)5-2/h6-7,9-11H,4-5,8H2,1-3H3,(H,16,17). The minimum absolute atomic E-state index is 0.0368. The van der Waals surface area contributed by atoms with Gasteiger partial charge in [0.1, 0.15) is 0 Å². The average molecular weight is 291 g/mol. The average Bonchev–Trinajstić information content (AvgIpc) is 2.89. The Bertz CT molecular complexity index is 618. The molecule has 0 aliphatic heterocycles. The van der Waals surface area contributed by atoms with Crippen molar-refractivity contribution in [1.82, 2.24) is 9.55 Å². The molecule has 4 nitrogen and oxygen atoms in total. The lowest BCUT2D eigenvalue weighted by molar-refractivity contribution is 0.655. The fourth-order valence-electron chi connectivity index (χ4n) is 1.93. The summed E-state index contributed by atoms with van der Waals surface area (Å²) in [6.45, 7) is 7.07.